The van der Waals surface area contributed by atoms with Crippen molar-refractivity contribution in [3.8, 4) is 5.75 Å². The van der Waals surface area contributed by atoms with Gasteiger partial charge in [-0.3, -0.25) is 0 Å². The van der Waals surface area contributed by atoms with Crippen molar-refractivity contribution < 1.29 is 4.74 Å². The van der Waals surface area contributed by atoms with Crippen LogP contribution in [-0.4, -0.2) is 19.7 Å². The van der Waals surface area contributed by atoms with Gasteiger partial charge in [-0.05, 0) is 55.3 Å². The fourth-order valence-electron chi connectivity index (χ4n) is 3.06. The minimum absolute atomic E-state index is 0.239. The first-order valence-electron chi connectivity index (χ1n) is 7.16. The normalized spacial score (nSPS) is 26.6. The van der Waals surface area contributed by atoms with Crippen LogP contribution in [0.4, 0.5) is 0 Å². The van der Waals surface area contributed by atoms with Gasteiger partial charge in [0.05, 0.1) is 12.1 Å². The Bertz CT molecular complexity index is 435. The molecule has 0 heterocycles. The summed E-state index contributed by atoms with van der Waals surface area (Å²) in [6, 6.07) is 6.84. The Hall–Kier alpha value is -0.730. The van der Waals surface area contributed by atoms with E-state index in [0.29, 0.717) is 11.1 Å². The van der Waals surface area contributed by atoms with E-state index in [0.717, 1.165) is 12.3 Å². The molecule has 0 radical (unpaired) electrons. The number of halogens is 1. The van der Waals surface area contributed by atoms with Gasteiger partial charge in [0.2, 0.25) is 0 Å². The second kappa shape index (κ2) is 6.15. The Labute approximate surface area is 121 Å². The maximum atomic E-state index is 6.11. The van der Waals surface area contributed by atoms with Crippen LogP contribution < -0.4 is 10.1 Å². The van der Waals surface area contributed by atoms with Crippen LogP contribution in [-0.2, 0) is 5.41 Å². The summed E-state index contributed by atoms with van der Waals surface area (Å²) in [7, 11) is 1.67. The molecule has 19 heavy (non-hydrogen) atoms. The Kier molecular flexibility index (Phi) is 4.75. The van der Waals surface area contributed by atoms with E-state index in [1.807, 2.05) is 6.07 Å². The van der Waals surface area contributed by atoms with Crippen molar-refractivity contribution in [3.05, 3.63) is 28.8 Å². The number of hydrogen-bond donors (Lipinski definition) is 1. The molecule has 106 valence electrons. The first kappa shape index (κ1) is 14.7. The molecule has 2 rings (SSSR count). The van der Waals surface area contributed by atoms with Crippen LogP contribution in [0.25, 0.3) is 0 Å². The van der Waals surface area contributed by atoms with Gasteiger partial charge < -0.3 is 10.1 Å². The Morgan fingerprint density at radius 3 is 2.95 bits per heavy atom. The molecule has 0 amide bonds. The van der Waals surface area contributed by atoms with Crippen LogP contribution in [0.15, 0.2) is 18.2 Å². The quantitative estimate of drug-likeness (QED) is 0.875. The molecule has 2 unspecified atom stereocenters. The SMILES string of the molecule is CCCNC1CCC(C)(c2ccc(Cl)c(OC)c2)C1. The van der Waals surface area contributed by atoms with Gasteiger partial charge >= 0.3 is 0 Å². The number of nitrogens with one attached hydrogen (secondary N) is 1. The van der Waals surface area contributed by atoms with E-state index in [4.69, 9.17) is 16.3 Å². The summed E-state index contributed by atoms with van der Waals surface area (Å²) in [6.07, 6.45) is 4.86. The molecule has 1 aromatic carbocycles. The van der Waals surface area contributed by atoms with Crippen LogP contribution in [0.2, 0.25) is 5.02 Å². The fourth-order valence-corrected chi connectivity index (χ4v) is 3.26. The van der Waals surface area contributed by atoms with Crippen LogP contribution >= 0.6 is 11.6 Å². The largest absolute Gasteiger partial charge is 0.495 e. The topological polar surface area (TPSA) is 21.3 Å². The second-order valence-corrected chi connectivity index (χ2v) is 6.21. The number of rotatable bonds is 5. The van der Waals surface area contributed by atoms with Gasteiger partial charge in [-0.25, -0.2) is 0 Å². The lowest BCUT2D eigenvalue weighted by Gasteiger charge is -2.26. The van der Waals surface area contributed by atoms with Crippen molar-refractivity contribution in [2.75, 3.05) is 13.7 Å². The highest BCUT2D eigenvalue weighted by atomic mass is 35.5. The smallest absolute Gasteiger partial charge is 0.137 e. The monoisotopic (exact) mass is 281 g/mol. The highest BCUT2D eigenvalue weighted by Crippen LogP contribution is 2.42. The van der Waals surface area contributed by atoms with Crippen LogP contribution in [0, 0.1) is 0 Å². The van der Waals surface area contributed by atoms with E-state index in [-0.39, 0.29) is 5.41 Å². The summed E-state index contributed by atoms with van der Waals surface area (Å²) in [5.74, 6) is 0.783. The van der Waals surface area contributed by atoms with Crippen LogP contribution in [0.1, 0.15) is 45.1 Å². The van der Waals surface area contributed by atoms with Gasteiger partial charge in [0.1, 0.15) is 5.75 Å². The minimum atomic E-state index is 0.239. The zero-order valence-corrected chi connectivity index (χ0v) is 12.9. The zero-order chi connectivity index (χ0) is 13.9. The summed E-state index contributed by atoms with van der Waals surface area (Å²) < 4.78 is 5.33. The lowest BCUT2D eigenvalue weighted by atomic mass is 9.81. The molecule has 2 atom stereocenters. The molecule has 0 aromatic heterocycles. The van der Waals surface area contributed by atoms with Crippen molar-refractivity contribution in [2.24, 2.45) is 0 Å². The molecule has 1 saturated carbocycles. The third-order valence-electron chi connectivity index (χ3n) is 4.27. The average Bonchev–Trinajstić information content (AvgIpc) is 2.80. The van der Waals surface area contributed by atoms with E-state index in [2.05, 4.69) is 31.3 Å². The number of ether oxygens (including phenoxy) is 1. The van der Waals surface area contributed by atoms with Crippen molar-refractivity contribution in [2.45, 2.75) is 51.0 Å². The van der Waals surface area contributed by atoms with E-state index < -0.39 is 0 Å². The van der Waals surface area contributed by atoms with Gasteiger partial charge in [-0.1, -0.05) is 31.5 Å². The Balaban J connectivity index is 2.13. The van der Waals surface area contributed by atoms with Gasteiger partial charge in [0, 0.05) is 6.04 Å². The molecular weight excluding hydrogens is 258 g/mol. The Morgan fingerprint density at radius 2 is 2.26 bits per heavy atom. The lowest BCUT2D eigenvalue weighted by Crippen LogP contribution is -2.29. The summed E-state index contributed by atoms with van der Waals surface area (Å²) >= 11 is 6.11. The molecule has 1 N–H and O–H groups in total. The standard InChI is InChI=1S/C16H24ClNO/c1-4-9-18-13-7-8-16(2,11-13)12-5-6-14(17)15(10-12)19-3/h5-6,10,13,18H,4,7-9,11H2,1-3H3. The molecule has 1 fully saturated rings. The maximum absolute atomic E-state index is 6.11. The van der Waals surface area contributed by atoms with Gasteiger partial charge in [-0.2, -0.15) is 0 Å². The third kappa shape index (κ3) is 3.24. The average molecular weight is 282 g/mol. The molecule has 1 aliphatic rings. The van der Waals surface area contributed by atoms with E-state index in [9.17, 15) is 0 Å². The minimum Gasteiger partial charge on any atom is -0.495 e. The number of hydrogen-bond acceptors (Lipinski definition) is 2. The predicted molar refractivity (Wildman–Crippen MR) is 81.3 cm³/mol. The molecule has 3 heteroatoms. The van der Waals surface area contributed by atoms with Crippen LogP contribution in [0.5, 0.6) is 5.75 Å². The predicted octanol–water partition coefficient (Wildman–Crippen LogP) is 4.16. The molecule has 0 spiro atoms. The summed E-state index contributed by atoms with van der Waals surface area (Å²) in [5, 5.41) is 4.33. The molecule has 0 saturated heterocycles. The summed E-state index contributed by atoms with van der Waals surface area (Å²) in [6.45, 7) is 5.68. The van der Waals surface area contributed by atoms with E-state index >= 15 is 0 Å². The van der Waals surface area contributed by atoms with E-state index in [1.54, 1.807) is 7.11 Å². The highest BCUT2D eigenvalue weighted by molar-refractivity contribution is 6.32. The van der Waals surface area contributed by atoms with Crippen molar-refractivity contribution in [3.63, 3.8) is 0 Å². The molecule has 1 aliphatic carbocycles. The van der Waals surface area contributed by atoms with Gasteiger partial charge in [0.15, 0.2) is 0 Å². The lowest BCUT2D eigenvalue weighted by molar-refractivity contribution is 0.409. The molecular formula is C16H24ClNO. The zero-order valence-electron chi connectivity index (χ0n) is 12.1. The van der Waals surface area contributed by atoms with Crippen molar-refractivity contribution in [1.82, 2.24) is 5.32 Å². The Morgan fingerprint density at radius 1 is 1.47 bits per heavy atom. The third-order valence-corrected chi connectivity index (χ3v) is 4.58. The maximum Gasteiger partial charge on any atom is 0.137 e. The summed E-state index contributed by atoms with van der Waals surface area (Å²) in [4.78, 5) is 0. The van der Waals surface area contributed by atoms with E-state index in [1.165, 1.54) is 31.2 Å². The second-order valence-electron chi connectivity index (χ2n) is 5.80. The van der Waals surface area contributed by atoms with Crippen molar-refractivity contribution >= 4 is 11.6 Å². The molecule has 2 nitrogen and oxygen atoms in total. The van der Waals surface area contributed by atoms with Crippen LogP contribution in [0.3, 0.4) is 0 Å². The summed E-state index contributed by atoms with van der Waals surface area (Å²) in [5.41, 5.74) is 1.58. The number of methoxy groups -OCH3 is 1. The fraction of sp³-hybridized carbons (Fsp3) is 0.625. The van der Waals surface area contributed by atoms with Crippen molar-refractivity contribution in [1.29, 1.82) is 0 Å². The first-order valence-corrected chi connectivity index (χ1v) is 7.54. The number of benzene rings is 1. The van der Waals surface area contributed by atoms with Gasteiger partial charge in [0.25, 0.3) is 0 Å². The first-order chi connectivity index (χ1) is 9.09. The highest BCUT2D eigenvalue weighted by Gasteiger charge is 2.36. The molecule has 0 aliphatic heterocycles. The van der Waals surface area contributed by atoms with Gasteiger partial charge in [-0.15, -0.1) is 0 Å². The molecule has 1 aromatic rings. The molecule has 0 bridgehead atoms.